The van der Waals surface area contributed by atoms with E-state index in [0.29, 0.717) is 5.92 Å². The number of rotatable bonds is 5. The van der Waals surface area contributed by atoms with Gasteiger partial charge < -0.3 is 14.7 Å². The van der Waals surface area contributed by atoms with Gasteiger partial charge in [-0.1, -0.05) is 19.8 Å². The molecule has 1 amide bonds. The van der Waals surface area contributed by atoms with Crippen molar-refractivity contribution in [2.45, 2.75) is 38.6 Å². The lowest BCUT2D eigenvalue weighted by atomic mass is 9.85. The van der Waals surface area contributed by atoms with E-state index in [1.807, 2.05) is 0 Å². The van der Waals surface area contributed by atoms with E-state index in [1.54, 1.807) is 11.9 Å². The highest BCUT2D eigenvalue weighted by Gasteiger charge is 2.27. The van der Waals surface area contributed by atoms with E-state index in [2.05, 4.69) is 6.92 Å². The zero-order chi connectivity index (χ0) is 12.8. The molecule has 0 aromatic rings. The summed E-state index contributed by atoms with van der Waals surface area (Å²) >= 11 is 0. The lowest BCUT2D eigenvalue weighted by molar-refractivity contribution is -0.146. The third kappa shape index (κ3) is 4.34. The van der Waals surface area contributed by atoms with Crippen molar-refractivity contribution < 1.29 is 19.4 Å². The number of aliphatic carboxylic acids is 1. The van der Waals surface area contributed by atoms with Crippen molar-refractivity contribution in [1.82, 2.24) is 4.90 Å². The summed E-state index contributed by atoms with van der Waals surface area (Å²) in [6.45, 7) is 1.59. The zero-order valence-corrected chi connectivity index (χ0v) is 10.5. The fourth-order valence-electron chi connectivity index (χ4n) is 2.38. The van der Waals surface area contributed by atoms with Crippen LogP contribution in [0.1, 0.15) is 32.6 Å². The monoisotopic (exact) mass is 243 g/mol. The van der Waals surface area contributed by atoms with Crippen LogP contribution in [0.4, 0.5) is 0 Å². The molecule has 0 saturated heterocycles. The predicted octanol–water partition coefficient (Wildman–Crippen LogP) is 1.12. The SMILES string of the molecule is CC1CCCCC1N(C)C(=O)COCC(=O)O. The minimum absolute atomic E-state index is 0.134. The molecule has 5 nitrogen and oxygen atoms in total. The molecule has 5 heteroatoms. The zero-order valence-electron chi connectivity index (χ0n) is 10.5. The molecule has 1 aliphatic rings. The Bertz CT molecular complexity index is 280. The number of hydrogen-bond acceptors (Lipinski definition) is 3. The van der Waals surface area contributed by atoms with Crippen LogP contribution in [0.3, 0.4) is 0 Å². The van der Waals surface area contributed by atoms with Crippen molar-refractivity contribution in [3.05, 3.63) is 0 Å². The van der Waals surface area contributed by atoms with Crippen LogP contribution in [0, 0.1) is 5.92 Å². The molecule has 0 aromatic carbocycles. The second-order valence-corrected chi connectivity index (χ2v) is 4.72. The molecule has 1 saturated carbocycles. The Labute approximate surface area is 102 Å². The van der Waals surface area contributed by atoms with Gasteiger partial charge in [0.2, 0.25) is 5.91 Å². The van der Waals surface area contributed by atoms with Gasteiger partial charge in [0, 0.05) is 13.1 Å². The molecule has 0 radical (unpaired) electrons. The van der Waals surface area contributed by atoms with Gasteiger partial charge in [0.15, 0.2) is 0 Å². The minimum atomic E-state index is -1.05. The average Bonchev–Trinajstić information content (AvgIpc) is 2.28. The van der Waals surface area contributed by atoms with Crippen molar-refractivity contribution in [2.24, 2.45) is 5.92 Å². The highest BCUT2D eigenvalue weighted by atomic mass is 16.5. The maximum Gasteiger partial charge on any atom is 0.329 e. The number of carbonyl (C=O) groups is 2. The number of likely N-dealkylation sites (N-methyl/N-ethyl adjacent to an activating group) is 1. The molecular formula is C12H21NO4. The van der Waals surface area contributed by atoms with E-state index in [4.69, 9.17) is 9.84 Å². The summed E-state index contributed by atoms with van der Waals surface area (Å²) in [5.41, 5.74) is 0. The van der Waals surface area contributed by atoms with Crippen LogP contribution >= 0.6 is 0 Å². The van der Waals surface area contributed by atoms with Gasteiger partial charge >= 0.3 is 5.97 Å². The molecule has 0 aliphatic heterocycles. The highest BCUT2D eigenvalue weighted by Crippen LogP contribution is 2.27. The number of carboxylic acids is 1. The molecule has 2 unspecified atom stereocenters. The van der Waals surface area contributed by atoms with E-state index in [0.717, 1.165) is 19.3 Å². The summed E-state index contributed by atoms with van der Waals surface area (Å²) in [6, 6.07) is 0.268. The van der Waals surface area contributed by atoms with Crippen LogP contribution in [-0.2, 0) is 14.3 Å². The number of amides is 1. The van der Waals surface area contributed by atoms with Gasteiger partial charge in [0.25, 0.3) is 0 Å². The van der Waals surface area contributed by atoms with Gasteiger partial charge in [-0.15, -0.1) is 0 Å². The maximum absolute atomic E-state index is 11.8. The summed E-state index contributed by atoms with van der Waals surface area (Å²) in [5.74, 6) is -0.673. The fourth-order valence-corrected chi connectivity index (χ4v) is 2.38. The molecule has 1 fully saturated rings. The van der Waals surface area contributed by atoms with Crippen molar-refractivity contribution in [2.75, 3.05) is 20.3 Å². The van der Waals surface area contributed by atoms with Crippen LogP contribution in [0.2, 0.25) is 0 Å². The Morgan fingerprint density at radius 1 is 1.29 bits per heavy atom. The highest BCUT2D eigenvalue weighted by molar-refractivity contribution is 5.78. The van der Waals surface area contributed by atoms with Crippen molar-refractivity contribution in [3.63, 3.8) is 0 Å². The topological polar surface area (TPSA) is 66.8 Å². The van der Waals surface area contributed by atoms with E-state index in [1.165, 1.54) is 6.42 Å². The fraction of sp³-hybridized carbons (Fsp3) is 0.833. The maximum atomic E-state index is 11.8. The van der Waals surface area contributed by atoms with Crippen LogP contribution in [-0.4, -0.2) is 48.2 Å². The van der Waals surface area contributed by atoms with E-state index < -0.39 is 12.6 Å². The molecule has 0 bridgehead atoms. The van der Waals surface area contributed by atoms with E-state index in [9.17, 15) is 9.59 Å². The largest absolute Gasteiger partial charge is 0.480 e. The number of hydrogen-bond donors (Lipinski definition) is 1. The summed E-state index contributed by atoms with van der Waals surface area (Å²) < 4.78 is 4.81. The molecule has 0 spiro atoms. The number of carbonyl (C=O) groups excluding carboxylic acids is 1. The molecule has 1 rings (SSSR count). The first-order chi connectivity index (χ1) is 8.02. The Kier molecular flexibility index (Phi) is 5.41. The van der Waals surface area contributed by atoms with Crippen LogP contribution < -0.4 is 0 Å². The first-order valence-electron chi connectivity index (χ1n) is 6.07. The molecule has 2 atom stereocenters. The Morgan fingerprint density at radius 2 is 1.94 bits per heavy atom. The molecule has 1 N–H and O–H groups in total. The van der Waals surface area contributed by atoms with Gasteiger partial charge in [-0.2, -0.15) is 0 Å². The van der Waals surface area contributed by atoms with Gasteiger partial charge in [-0.05, 0) is 18.8 Å². The van der Waals surface area contributed by atoms with Gasteiger partial charge in [-0.25, -0.2) is 4.79 Å². The summed E-state index contributed by atoms with van der Waals surface area (Å²) in [4.78, 5) is 23.7. The standard InChI is InChI=1S/C12H21NO4/c1-9-5-3-4-6-10(9)13(2)11(14)7-17-8-12(15)16/h9-10H,3-8H2,1-2H3,(H,15,16). The third-order valence-corrected chi connectivity index (χ3v) is 3.41. The molecule has 0 aromatic heterocycles. The quantitative estimate of drug-likeness (QED) is 0.786. The van der Waals surface area contributed by atoms with Gasteiger partial charge in [0.1, 0.15) is 13.2 Å². The minimum Gasteiger partial charge on any atom is -0.480 e. The third-order valence-electron chi connectivity index (χ3n) is 3.41. The average molecular weight is 243 g/mol. The Morgan fingerprint density at radius 3 is 2.53 bits per heavy atom. The lowest BCUT2D eigenvalue weighted by Gasteiger charge is -2.36. The lowest BCUT2D eigenvalue weighted by Crippen LogP contribution is -2.44. The van der Waals surface area contributed by atoms with Gasteiger partial charge in [0.05, 0.1) is 0 Å². The van der Waals surface area contributed by atoms with E-state index >= 15 is 0 Å². The van der Waals surface area contributed by atoms with Crippen molar-refractivity contribution in [1.29, 1.82) is 0 Å². The van der Waals surface area contributed by atoms with Crippen LogP contribution in [0.25, 0.3) is 0 Å². The molecular weight excluding hydrogens is 222 g/mol. The first-order valence-corrected chi connectivity index (χ1v) is 6.07. The second kappa shape index (κ2) is 6.59. The number of carboxylic acid groups (broad SMARTS) is 1. The van der Waals surface area contributed by atoms with Crippen LogP contribution in [0.5, 0.6) is 0 Å². The van der Waals surface area contributed by atoms with E-state index in [-0.39, 0.29) is 18.6 Å². The molecule has 0 heterocycles. The molecule has 98 valence electrons. The number of ether oxygens (including phenoxy) is 1. The van der Waals surface area contributed by atoms with Crippen molar-refractivity contribution >= 4 is 11.9 Å². The van der Waals surface area contributed by atoms with Crippen molar-refractivity contribution in [3.8, 4) is 0 Å². The Balaban J connectivity index is 2.37. The molecule has 17 heavy (non-hydrogen) atoms. The van der Waals surface area contributed by atoms with Gasteiger partial charge in [-0.3, -0.25) is 4.79 Å². The summed E-state index contributed by atoms with van der Waals surface area (Å²) in [7, 11) is 1.78. The number of nitrogens with zero attached hydrogens (tertiary/aromatic N) is 1. The normalized spacial score (nSPS) is 24.4. The molecule has 1 aliphatic carbocycles. The summed E-state index contributed by atoms with van der Waals surface area (Å²) in [5, 5.41) is 8.41. The summed E-state index contributed by atoms with van der Waals surface area (Å²) in [6.07, 6.45) is 4.57. The smallest absolute Gasteiger partial charge is 0.329 e. The predicted molar refractivity (Wildman–Crippen MR) is 62.6 cm³/mol. The first kappa shape index (κ1) is 14.0. The van der Waals surface area contributed by atoms with Crippen LogP contribution in [0.15, 0.2) is 0 Å². The Hall–Kier alpha value is -1.10. The second-order valence-electron chi connectivity index (χ2n) is 4.72.